The smallest absolute Gasteiger partial charge is 0.269 e. The van der Waals surface area contributed by atoms with Gasteiger partial charge in [-0.25, -0.2) is 4.98 Å². The van der Waals surface area contributed by atoms with Gasteiger partial charge in [0, 0.05) is 30.8 Å². The van der Waals surface area contributed by atoms with E-state index in [0.29, 0.717) is 19.4 Å². The van der Waals surface area contributed by atoms with Crippen LogP contribution in [-0.4, -0.2) is 22.4 Å². The molecule has 0 unspecified atom stereocenters. The molecule has 0 aliphatic carbocycles. The number of anilines is 1. The van der Waals surface area contributed by atoms with Gasteiger partial charge in [-0.15, -0.1) is 11.3 Å². The second-order valence-corrected chi connectivity index (χ2v) is 7.76. The number of nitro groups is 1. The SMILES string of the molecule is O=C(CCCCc1nc2ccccc2s1)N1CCc2cc([N+](=O)[O-])ccc21. The molecule has 1 aliphatic rings. The Morgan fingerprint density at radius 1 is 1.22 bits per heavy atom. The summed E-state index contributed by atoms with van der Waals surface area (Å²) >= 11 is 1.71. The average molecular weight is 381 g/mol. The number of fused-ring (bicyclic) bond motifs is 2. The van der Waals surface area contributed by atoms with Crippen molar-refractivity contribution < 1.29 is 9.72 Å². The minimum Gasteiger partial charge on any atom is -0.312 e. The van der Waals surface area contributed by atoms with Gasteiger partial charge in [0.1, 0.15) is 0 Å². The Kier molecular flexibility index (Phi) is 4.85. The van der Waals surface area contributed by atoms with E-state index in [1.165, 1.54) is 10.8 Å². The highest BCUT2D eigenvalue weighted by atomic mass is 32.1. The van der Waals surface area contributed by atoms with E-state index >= 15 is 0 Å². The first-order valence-corrected chi connectivity index (χ1v) is 9.85. The van der Waals surface area contributed by atoms with Crippen LogP contribution in [0.4, 0.5) is 11.4 Å². The van der Waals surface area contributed by atoms with Gasteiger partial charge in [-0.3, -0.25) is 14.9 Å². The number of hydrogen-bond acceptors (Lipinski definition) is 5. The Morgan fingerprint density at radius 2 is 2.07 bits per heavy atom. The third-order valence-corrected chi connectivity index (χ3v) is 5.94. The molecule has 7 heteroatoms. The summed E-state index contributed by atoms with van der Waals surface area (Å²) in [6, 6.07) is 12.9. The maximum absolute atomic E-state index is 12.6. The van der Waals surface area contributed by atoms with Crippen molar-refractivity contribution in [3.63, 3.8) is 0 Å². The summed E-state index contributed by atoms with van der Waals surface area (Å²) in [4.78, 5) is 29.4. The van der Waals surface area contributed by atoms with E-state index in [-0.39, 0.29) is 11.6 Å². The Morgan fingerprint density at radius 3 is 2.89 bits per heavy atom. The van der Waals surface area contributed by atoms with Gasteiger partial charge in [-0.2, -0.15) is 0 Å². The van der Waals surface area contributed by atoms with E-state index in [2.05, 4.69) is 11.1 Å². The zero-order chi connectivity index (χ0) is 18.8. The molecule has 3 aromatic rings. The van der Waals surface area contributed by atoms with Gasteiger partial charge >= 0.3 is 0 Å². The summed E-state index contributed by atoms with van der Waals surface area (Å²) in [6.07, 6.45) is 3.78. The van der Waals surface area contributed by atoms with Crippen LogP contribution in [0.15, 0.2) is 42.5 Å². The molecule has 0 atom stereocenters. The zero-order valence-electron chi connectivity index (χ0n) is 14.8. The molecule has 138 valence electrons. The van der Waals surface area contributed by atoms with Gasteiger partial charge in [0.2, 0.25) is 5.91 Å². The van der Waals surface area contributed by atoms with Crippen molar-refractivity contribution in [2.45, 2.75) is 32.1 Å². The first-order chi connectivity index (χ1) is 13.1. The van der Waals surface area contributed by atoms with E-state index in [4.69, 9.17) is 0 Å². The Hall–Kier alpha value is -2.80. The predicted molar refractivity (Wildman–Crippen MR) is 106 cm³/mol. The topological polar surface area (TPSA) is 76.3 Å². The Bertz CT molecular complexity index is 982. The molecule has 0 N–H and O–H groups in total. The van der Waals surface area contributed by atoms with Crippen molar-refractivity contribution >= 4 is 38.8 Å². The van der Waals surface area contributed by atoms with Crippen LogP contribution in [-0.2, 0) is 17.6 Å². The van der Waals surface area contributed by atoms with Crippen LogP contribution in [0.5, 0.6) is 0 Å². The Balaban J connectivity index is 1.31. The standard InChI is InChI=1S/C20H19N3O3S/c24-20(22-12-11-14-13-15(23(25)26)9-10-17(14)22)8-4-3-7-19-21-16-5-1-2-6-18(16)27-19/h1-2,5-6,9-10,13H,3-4,7-8,11-12H2. The number of para-hydroxylation sites is 1. The normalized spacial score (nSPS) is 13.1. The molecule has 27 heavy (non-hydrogen) atoms. The van der Waals surface area contributed by atoms with Gasteiger partial charge in [0.25, 0.3) is 5.69 Å². The number of carbonyl (C=O) groups is 1. The highest BCUT2D eigenvalue weighted by molar-refractivity contribution is 7.18. The third-order valence-electron chi connectivity index (χ3n) is 4.84. The predicted octanol–water partition coefficient (Wildman–Crippen LogP) is 4.51. The van der Waals surface area contributed by atoms with Crippen LogP contribution >= 0.6 is 11.3 Å². The molecule has 4 rings (SSSR count). The van der Waals surface area contributed by atoms with E-state index in [1.807, 2.05) is 18.2 Å². The quantitative estimate of drug-likeness (QED) is 0.358. The molecule has 0 spiro atoms. The lowest BCUT2D eigenvalue weighted by atomic mass is 10.1. The highest BCUT2D eigenvalue weighted by Crippen LogP contribution is 2.32. The molecule has 0 saturated heterocycles. The maximum Gasteiger partial charge on any atom is 0.269 e. The van der Waals surface area contributed by atoms with Gasteiger partial charge in [0.05, 0.1) is 20.1 Å². The van der Waals surface area contributed by atoms with Crippen LogP contribution in [0.25, 0.3) is 10.2 Å². The fourth-order valence-corrected chi connectivity index (χ4v) is 4.48. The van der Waals surface area contributed by atoms with Crippen LogP contribution in [0.1, 0.15) is 29.8 Å². The fourth-order valence-electron chi connectivity index (χ4n) is 3.48. The van der Waals surface area contributed by atoms with Crippen molar-refractivity contribution in [3.8, 4) is 0 Å². The van der Waals surface area contributed by atoms with Crippen molar-refractivity contribution in [2.24, 2.45) is 0 Å². The zero-order valence-corrected chi connectivity index (χ0v) is 15.6. The van der Waals surface area contributed by atoms with Crippen LogP contribution < -0.4 is 4.90 Å². The number of carbonyl (C=O) groups excluding carboxylic acids is 1. The number of aromatic nitrogens is 1. The van der Waals surface area contributed by atoms with Gasteiger partial charge in [0.15, 0.2) is 0 Å². The van der Waals surface area contributed by atoms with Gasteiger partial charge < -0.3 is 4.90 Å². The first kappa shape index (κ1) is 17.6. The van der Waals surface area contributed by atoms with Crippen LogP contribution in [0, 0.1) is 10.1 Å². The van der Waals surface area contributed by atoms with E-state index in [9.17, 15) is 14.9 Å². The monoisotopic (exact) mass is 381 g/mol. The number of nitrogens with zero attached hydrogens (tertiary/aromatic N) is 3. The maximum atomic E-state index is 12.6. The van der Waals surface area contributed by atoms with Crippen LogP contribution in [0.3, 0.4) is 0 Å². The summed E-state index contributed by atoms with van der Waals surface area (Å²) in [5, 5.41) is 12.0. The molecule has 2 heterocycles. The van der Waals surface area contributed by atoms with Crippen molar-refractivity contribution in [1.29, 1.82) is 0 Å². The fraction of sp³-hybridized carbons (Fsp3) is 0.300. The molecule has 2 aromatic carbocycles. The molecule has 0 saturated carbocycles. The third kappa shape index (κ3) is 3.68. The summed E-state index contributed by atoms with van der Waals surface area (Å²) < 4.78 is 1.20. The number of hydrogen-bond donors (Lipinski definition) is 0. The van der Waals surface area contributed by atoms with E-state index in [1.54, 1.807) is 28.4 Å². The number of aryl methyl sites for hydroxylation is 1. The number of nitro benzene ring substituents is 1. The number of benzene rings is 2. The van der Waals surface area contributed by atoms with Gasteiger partial charge in [-0.05, 0) is 49.4 Å². The summed E-state index contributed by atoms with van der Waals surface area (Å²) in [5.41, 5.74) is 2.82. The molecule has 0 radical (unpaired) electrons. The van der Waals surface area contributed by atoms with Crippen molar-refractivity contribution in [1.82, 2.24) is 4.98 Å². The number of unbranched alkanes of at least 4 members (excludes halogenated alkanes) is 1. The molecule has 1 aromatic heterocycles. The molecule has 0 fully saturated rings. The minimum atomic E-state index is -0.396. The van der Waals surface area contributed by atoms with E-state index < -0.39 is 4.92 Å². The van der Waals surface area contributed by atoms with Crippen molar-refractivity contribution in [2.75, 3.05) is 11.4 Å². The van der Waals surface area contributed by atoms with Crippen LogP contribution in [0.2, 0.25) is 0 Å². The molecule has 6 nitrogen and oxygen atoms in total. The lowest BCUT2D eigenvalue weighted by molar-refractivity contribution is -0.384. The van der Waals surface area contributed by atoms with E-state index in [0.717, 1.165) is 41.0 Å². The number of thiazole rings is 1. The summed E-state index contributed by atoms with van der Waals surface area (Å²) in [5.74, 6) is 0.0897. The molecule has 0 bridgehead atoms. The summed E-state index contributed by atoms with van der Waals surface area (Å²) in [6.45, 7) is 0.604. The minimum absolute atomic E-state index is 0.0823. The first-order valence-electron chi connectivity index (χ1n) is 9.04. The Labute approximate surface area is 160 Å². The average Bonchev–Trinajstić information content (AvgIpc) is 3.27. The lowest BCUT2D eigenvalue weighted by Crippen LogP contribution is -2.28. The molecular formula is C20H19N3O3S. The largest absolute Gasteiger partial charge is 0.312 e. The highest BCUT2D eigenvalue weighted by Gasteiger charge is 2.25. The second-order valence-electron chi connectivity index (χ2n) is 6.65. The lowest BCUT2D eigenvalue weighted by Gasteiger charge is -2.17. The molecule has 1 amide bonds. The second kappa shape index (κ2) is 7.44. The number of non-ortho nitro benzene ring substituents is 1. The molecule has 1 aliphatic heterocycles. The number of rotatable bonds is 6. The van der Waals surface area contributed by atoms with Crippen molar-refractivity contribution in [3.05, 3.63) is 63.1 Å². The number of amides is 1. The summed E-state index contributed by atoms with van der Waals surface area (Å²) in [7, 11) is 0. The van der Waals surface area contributed by atoms with Gasteiger partial charge in [-0.1, -0.05) is 12.1 Å². The molecular weight excluding hydrogens is 362 g/mol.